The molecule has 1 atom stereocenters. The van der Waals surface area contributed by atoms with Gasteiger partial charge in [0.15, 0.2) is 0 Å². The maximum atomic E-state index is 6.10. The molecule has 1 aromatic rings. The fourth-order valence-electron chi connectivity index (χ4n) is 2.61. The molecule has 0 spiro atoms. The number of likely N-dealkylation sites (N-methyl/N-ethyl adjacent to an activating group) is 1. The van der Waals surface area contributed by atoms with Crippen molar-refractivity contribution in [3.05, 3.63) is 33.8 Å². The Balaban J connectivity index is 0.00000144. The van der Waals surface area contributed by atoms with Crippen molar-refractivity contribution in [3.63, 3.8) is 0 Å². The van der Waals surface area contributed by atoms with E-state index in [2.05, 4.69) is 18.3 Å². The van der Waals surface area contributed by atoms with E-state index in [1.165, 1.54) is 24.8 Å². The van der Waals surface area contributed by atoms with Gasteiger partial charge in [0.05, 0.1) is 10.0 Å². The monoisotopic (exact) mass is 293 g/mol. The van der Waals surface area contributed by atoms with Gasteiger partial charge in [-0.3, -0.25) is 0 Å². The number of rotatable bonds is 3. The van der Waals surface area contributed by atoms with Crippen LogP contribution in [-0.2, 0) is 5.41 Å². The first-order valence-electron chi connectivity index (χ1n) is 5.73. The van der Waals surface area contributed by atoms with Crippen molar-refractivity contribution in [2.75, 3.05) is 7.05 Å². The summed E-state index contributed by atoms with van der Waals surface area (Å²) < 4.78 is 0. The summed E-state index contributed by atoms with van der Waals surface area (Å²) in [5.74, 6) is 0. The number of hydrogen-bond acceptors (Lipinski definition) is 1. The molecule has 0 amide bonds. The average molecular weight is 295 g/mol. The zero-order valence-electron chi connectivity index (χ0n) is 10.1. The van der Waals surface area contributed by atoms with Crippen LogP contribution in [0.15, 0.2) is 18.2 Å². The SMILES string of the molecule is CNC(C)C1(c2ccc(Cl)c(Cl)c2)CCC1.Cl. The van der Waals surface area contributed by atoms with Crippen LogP contribution in [0.1, 0.15) is 31.7 Å². The number of hydrogen-bond donors (Lipinski definition) is 1. The van der Waals surface area contributed by atoms with Crippen molar-refractivity contribution in [2.24, 2.45) is 0 Å². The standard InChI is InChI=1S/C13H17Cl2N.ClH/c1-9(16-2)13(6-3-7-13)10-4-5-11(14)12(15)8-10;/h4-5,8-9,16H,3,6-7H2,1-2H3;1H. The van der Waals surface area contributed by atoms with E-state index in [1.54, 1.807) is 0 Å². The number of nitrogens with one attached hydrogen (secondary N) is 1. The van der Waals surface area contributed by atoms with Crippen LogP contribution in [0.4, 0.5) is 0 Å². The van der Waals surface area contributed by atoms with Crippen molar-refractivity contribution < 1.29 is 0 Å². The molecule has 4 heteroatoms. The first-order chi connectivity index (χ1) is 7.60. The van der Waals surface area contributed by atoms with Gasteiger partial charge < -0.3 is 5.32 Å². The molecule has 1 nitrogen and oxygen atoms in total. The van der Waals surface area contributed by atoms with Gasteiger partial charge in [-0.15, -0.1) is 12.4 Å². The second-order valence-electron chi connectivity index (χ2n) is 4.65. The molecule has 17 heavy (non-hydrogen) atoms. The lowest BCUT2D eigenvalue weighted by Gasteiger charge is -2.47. The molecule has 1 N–H and O–H groups in total. The molecule has 1 aliphatic carbocycles. The normalized spacial score (nSPS) is 19.1. The van der Waals surface area contributed by atoms with Crippen LogP contribution in [0.25, 0.3) is 0 Å². The van der Waals surface area contributed by atoms with Crippen molar-refractivity contribution in [1.82, 2.24) is 5.32 Å². The van der Waals surface area contributed by atoms with Crippen molar-refractivity contribution in [2.45, 2.75) is 37.6 Å². The maximum absolute atomic E-state index is 6.10. The van der Waals surface area contributed by atoms with Crippen molar-refractivity contribution in [1.29, 1.82) is 0 Å². The molecule has 96 valence electrons. The third kappa shape index (κ3) is 2.58. The lowest BCUT2D eigenvalue weighted by atomic mass is 9.60. The molecular formula is C13H18Cl3N. The lowest BCUT2D eigenvalue weighted by molar-refractivity contribution is 0.185. The fraction of sp³-hybridized carbons (Fsp3) is 0.538. The summed E-state index contributed by atoms with van der Waals surface area (Å²) in [5.41, 5.74) is 1.57. The van der Waals surface area contributed by atoms with Gasteiger partial charge >= 0.3 is 0 Å². The molecule has 1 aromatic carbocycles. The Bertz CT molecular complexity index is 388. The highest BCUT2D eigenvalue weighted by molar-refractivity contribution is 6.42. The quantitative estimate of drug-likeness (QED) is 0.869. The summed E-state index contributed by atoms with van der Waals surface area (Å²) in [6.45, 7) is 2.24. The Morgan fingerprint density at radius 2 is 1.88 bits per heavy atom. The van der Waals surface area contributed by atoms with Crippen molar-refractivity contribution in [3.8, 4) is 0 Å². The predicted molar refractivity (Wildman–Crippen MR) is 77.8 cm³/mol. The molecule has 0 radical (unpaired) electrons. The zero-order chi connectivity index (χ0) is 11.8. The highest BCUT2D eigenvalue weighted by Gasteiger charge is 2.42. The molecule has 0 bridgehead atoms. The summed E-state index contributed by atoms with van der Waals surface area (Å²) in [4.78, 5) is 0. The van der Waals surface area contributed by atoms with Crippen LogP contribution in [0, 0.1) is 0 Å². The minimum Gasteiger partial charge on any atom is -0.316 e. The van der Waals surface area contributed by atoms with Crippen LogP contribution < -0.4 is 5.32 Å². The molecule has 1 aliphatic rings. The minimum atomic E-state index is 0. The molecule has 0 aromatic heterocycles. The minimum absolute atomic E-state index is 0. The van der Waals surface area contributed by atoms with Gasteiger partial charge in [-0.2, -0.15) is 0 Å². The molecule has 0 saturated heterocycles. The molecule has 0 aliphatic heterocycles. The Morgan fingerprint density at radius 3 is 2.29 bits per heavy atom. The number of halogens is 3. The molecule has 1 unspecified atom stereocenters. The van der Waals surface area contributed by atoms with Crippen LogP contribution in [-0.4, -0.2) is 13.1 Å². The highest BCUT2D eigenvalue weighted by Crippen LogP contribution is 2.47. The van der Waals surface area contributed by atoms with Crippen LogP contribution in [0.5, 0.6) is 0 Å². The van der Waals surface area contributed by atoms with Crippen LogP contribution >= 0.6 is 35.6 Å². The second-order valence-corrected chi connectivity index (χ2v) is 5.46. The first kappa shape index (κ1) is 15.1. The topological polar surface area (TPSA) is 12.0 Å². The predicted octanol–water partition coefficient (Wildman–Crippen LogP) is 4.44. The van der Waals surface area contributed by atoms with Gasteiger partial charge in [0.2, 0.25) is 0 Å². The summed E-state index contributed by atoms with van der Waals surface area (Å²) in [5, 5.41) is 4.66. The lowest BCUT2D eigenvalue weighted by Crippen LogP contribution is -2.50. The van der Waals surface area contributed by atoms with E-state index >= 15 is 0 Å². The van der Waals surface area contributed by atoms with Gasteiger partial charge in [0.25, 0.3) is 0 Å². The highest BCUT2D eigenvalue weighted by atomic mass is 35.5. The third-order valence-electron chi connectivity index (χ3n) is 4.00. The molecule has 1 fully saturated rings. The number of benzene rings is 1. The zero-order valence-corrected chi connectivity index (χ0v) is 12.4. The summed E-state index contributed by atoms with van der Waals surface area (Å²) >= 11 is 12.1. The van der Waals surface area contributed by atoms with Gasteiger partial charge in [-0.1, -0.05) is 35.7 Å². The van der Waals surface area contributed by atoms with E-state index in [1.807, 2.05) is 19.2 Å². The largest absolute Gasteiger partial charge is 0.316 e. The summed E-state index contributed by atoms with van der Waals surface area (Å²) in [6.07, 6.45) is 3.76. The Hall–Kier alpha value is 0.0500. The Labute approximate surface area is 119 Å². The average Bonchev–Trinajstić information content (AvgIpc) is 2.21. The van der Waals surface area contributed by atoms with Gasteiger partial charge in [-0.05, 0) is 44.5 Å². The molecule has 0 heterocycles. The summed E-state index contributed by atoms with van der Waals surface area (Å²) in [6, 6.07) is 6.51. The van der Waals surface area contributed by atoms with E-state index in [9.17, 15) is 0 Å². The Morgan fingerprint density at radius 1 is 1.24 bits per heavy atom. The van der Waals surface area contributed by atoms with E-state index in [0.717, 1.165) is 0 Å². The maximum Gasteiger partial charge on any atom is 0.0595 e. The summed E-state index contributed by atoms with van der Waals surface area (Å²) in [7, 11) is 2.02. The third-order valence-corrected chi connectivity index (χ3v) is 4.74. The Kier molecular flexibility index (Phi) is 5.15. The second kappa shape index (κ2) is 5.79. The van der Waals surface area contributed by atoms with Crippen LogP contribution in [0.3, 0.4) is 0 Å². The molecule has 1 saturated carbocycles. The van der Waals surface area contributed by atoms with Gasteiger partial charge in [-0.25, -0.2) is 0 Å². The van der Waals surface area contributed by atoms with Crippen LogP contribution in [0.2, 0.25) is 10.0 Å². The van der Waals surface area contributed by atoms with E-state index in [-0.39, 0.29) is 17.8 Å². The fourth-order valence-corrected chi connectivity index (χ4v) is 2.91. The first-order valence-corrected chi connectivity index (χ1v) is 6.48. The van der Waals surface area contributed by atoms with Gasteiger partial charge in [0.1, 0.15) is 0 Å². The van der Waals surface area contributed by atoms with E-state index < -0.39 is 0 Å². The molecular weight excluding hydrogens is 277 g/mol. The van der Waals surface area contributed by atoms with Crippen molar-refractivity contribution >= 4 is 35.6 Å². The van der Waals surface area contributed by atoms with E-state index in [0.29, 0.717) is 16.1 Å². The van der Waals surface area contributed by atoms with Gasteiger partial charge in [0, 0.05) is 11.5 Å². The van der Waals surface area contributed by atoms with E-state index in [4.69, 9.17) is 23.2 Å². The molecule has 2 rings (SSSR count). The smallest absolute Gasteiger partial charge is 0.0595 e.